The minimum Gasteiger partial charge on any atom is -0.496 e. The summed E-state index contributed by atoms with van der Waals surface area (Å²) in [6.45, 7) is 1.95. The van der Waals surface area contributed by atoms with Crippen LogP contribution in [0.25, 0.3) is 0 Å². The molecule has 0 aliphatic heterocycles. The second-order valence-electron chi connectivity index (χ2n) is 4.20. The molecule has 0 radical (unpaired) electrons. The number of benzene rings is 2. The van der Waals surface area contributed by atoms with Gasteiger partial charge in [-0.3, -0.25) is 0 Å². The molecule has 0 spiro atoms. The van der Waals surface area contributed by atoms with Crippen LogP contribution in [0.2, 0.25) is 10.0 Å². The van der Waals surface area contributed by atoms with Crippen LogP contribution in [-0.4, -0.2) is 7.11 Å². The standard InChI is InChI=1S/C15H13Cl3O/c1-9-11(4-3-5-13(9)17)15(18)12-8-10(16)6-7-14(12)19-2/h3-8,15H,1-2H3. The molecule has 0 heterocycles. The maximum Gasteiger partial charge on any atom is 0.123 e. The Bertz CT molecular complexity index is 596. The van der Waals surface area contributed by atoms with Crippen molar-refractivity contribution in [3.05, 3.63) is 63.1 Å². The second-order valence-corrected chi connectivity index (χ2v) is 5.48. The minimum atomic E-state index is -0.354. The highest BCUT2D eigenvalue weighted by Crippen LogP contribution is 2.39. The smallest absolute Gasteiger partial charge is 0.123 e. The molecule has 19 heavy (non-hydrogen) atoms. The molecule has 0 N–H and O–H groups in total. The van der Waals surface area contributed by atoms with Crippen molar-refractivity contribution in [1.29, 1.82) is 0 Å². The van der Waals surface area contributed by atoms with Crippen molar-refractivity contribution < 1.29 is 4.74 Å². The zero-order valence-corrected chi connectivity index (χ0v) is 12.9. The molecule has 2 aromatic rings. The summed E-state index contributed by atoms with van der Waals surface area (Å²) < 4.78 is 5.34. The highest BCUT2D eigenvalue weighted by molar-refractivity contribution is 6.32. The first-order chi connectivity index (χ1) is 9.04. The van der Waals surface area contributed by atoms with Gasteiger partial charge in [0.2, 0.25) is 0 Å². The molecule has 0 amide bonds. The third-order valence-corrected chi connectivity index (χ3v) is 4.16. The van der Waals surface area contributed by atoms with E-state index in [1.54, 1.807) is 13.2 Å². The van der Waals surface area contributed by atoms with Gasteiger partial charge in [0.05, 0.1) is 12.5 Å². The summed E-state index contributed by atoms with van der Waals surface area (Å²) in [6.07, 6.45) is 0. The SMILES string of the molecule is COc1ccc(Cl)cc1C(Cl)c1cccc(Cl)c1C. The van der Waals surface area contributed by atoms with Gasteiger partial charge >= 0.3 is 0 Å². The summed E-state index contributed by atoms with van der Waals surface area (Å²) in [4.78, 5) is 0. The van der Waals surface area contributed by atoms with Gasteiger partial charge in [-0.25, -0.2) is 0 Å². The average molecular weight is 316 g/mol. The monoisotopic (exact) mass is 314 g/mol. The quantitative estimate of drug-likeness (QED) is 0.666. The van der Waals surface area contributed by atoms with E-state index in [1.165, 1.54) is 0 Å². The molecular weight excluding hydrogens is 303 g/mol. The Morgan fingerprint density at radius 3 is 2.47 bits per heavy atom. The van der Waals surface area contributed by atoms with E-state index in [2.05, 4.69) is 0 Å². The Morgan fingerprint density at radius 1 is 1.05 bits per heavy atom. The van der Waals surface area contributed by atoms with Gasteiger partial charge in [0.1, 0.15) is 5.75 Å². The number of hydrogen-bond donors (Lipinski definition) is 0. The van der Waals surface area contributed by atoms with Gasteiger partial charge in [-0.2, -0.15) is 0 Å². The molecular formula is C15H13Cl3O. The number of methoxy groups -OCH3 is 1. The molecule has 0 saturated heterocycles. The third kappa shape index (κ3) is 3.00. The average Bonchev–Trinajstić information content (AvgIpc) is 2.41. The van der Waals surface area contributed by atoms with Crippen LogP contribution < -0.4 is 4.74 Å². The minimum absolute atomic E-state index is 0.354. The lowest BCUT2D eigenvalue weighted by Gasteiger charge is -2.17. The van der Waals surface area contributed by atoms with Crippen LogP contribution in [0.1, 0.15) is 22.1 Å². The van der Waals surface area contributed by atoms with E-state index in [-0.39, 0.29) is 5.38 Å². The second kappa shape index (κ2) is 6.04. The van der Waals surface area contributed by atoms with Crippen LogP contribution >= 0.6 is 34.8 Å². The molecule has 4 heteroatoms. The Balaban J connectivity index is 2.52. The van der Waals surface area contributed by atoms with Crippen molar-refractivity contribution in [3.8, 4) is 5.75 Å². The normalized spacial score (nSPS) is 12.3. The lowest BCUT2D eigenvalue weighted by molar-refractivity contribution is 0.410. The highest BCUT2D eigenvalue weighted by Gasteiger charge is 2.18. The predicted molar refractivity (Wildman–Crippen MR) is 81.9 cm³/mol. The molecule has 0 aliphatic carbocycles. The first kappa shape index (κ1) is 14.5. The summed E-state index contributed by atoms with van der Waals surface area (Å²) in [5, 5.41) is 0.970. The summed E-state index contributed by atoms with van der Waals surface area (Å²) in [6, 6.07) is 11.1. The van der Waals surface area contributed by atoms with Crippen LogP contribution in [0.5, 0.6) is 5.75 Å². The van der Waals surface area contributed by atoms with Crippen molar-refractivity contribution in [2.24, 2.45) is 0 Å². The van der Waals surface area contributed by atoms with Crippen molar-refractivity contribution in [1.82, 2.24) is 0 Å². The van der Waals surface area contributed by atoms with Gasteiger partial charge in [-0.1, -0.05) is 35.3 Å². The first-order valence-electron chi connectivity index (χ1n) is 5.77. The summed E-state index contributed by atoms with van der Waals surface area (Å²) >= 11 is 18.7. The first-order valence-corrected chi connectivity index (χ1v) is 6.96. The molecule has 0 saturated carbocycles. The van der Waals surface area contributed by atoms with E-state index in [0.29, 0.717) is 15.8 Å². The fourth-order valence-corrected chi connectivity index (χ4v) is 2.74. The van der Waals surface area contributed by atoms with E-state index in [4.69, 9.17) is 39.5 Å². The van der Waals surface area contributed by atoms with Gasteiger partial charge in [0.25, 0.3) is 0 Å². The van der Waals surface area contributed by atoms with Crippen molar-refractivity contribution >= 4 is 34.8 Å². The molecule has 100 valence electrons. The number of halogens is 3. The van der Waals surface area contributed by atoms with E-state index < -0.39 is 0 Å². The molecule has 1 unspecified atom stereocenters. The summed E-state index contributed by atoms with van der Waals surface area (Å²) in [5.74, 6) is 0.712. The van der Waals surface area contributed by atoms with Gasteiger partial charge < -0.3 is 4.74 Å². The Kier molecular flexibility index (Phi) is 4.62. The zero-order chi connectivity index (χ0) is 14.0. The predicted octanol–water partition coefficient (Wildman–Crippen LogP) is 5.64. The molecule has 0 aliphatic rings. The van der Waals surface area contributed by atoms with E-state index in [9.17, 15) is 0 Å². The van der Waals surface area contributed by atoms with Gasteiger partial charge in [0.15, 0.2) is 0 Å². The lowest BCUT2D eigenvalue weighted by Crippen LogP contribution is -2.00. The zero-order valence-electron chi connectivity index (χ0n) is 10.6. The van der Waals surface area contributed by atoms with Gasteiger partial charge in [-0.05, 0) is 42.3 Å². The molecule has 2 rings (SSSR count). The molecule has 0 aromatic heterocycles. The highest BCUT2D eigenvalue weighted by atomic mass is 35.5. The largest absolute Gasteiger partial charge is 0.496 e. The van der Waals surface area contributed by atoms with Crippen LogP contribution in [-0.2, 0) is 0 Å². The number of rotatable bonds is 3. The summed E-state index contributed by atoms with van der Waals surface area (Å²) in [5.41, 5.74) is 2.75. The molecule has 1 atom stereocenters. The van der Waals surface area contributed by atoms with Crippen LogP contribution in [0.3, 0.4) is 0 Å². The number of alkyl halides is 1. The topological polar surface area (TPSA) is 9.23 Å². The Labute approximate surface area is 128 Å². The van der Waals surface area contributed by atoms with Crippen LogP contribution in [0.15, 0.2) is 36.4 Å². The molecule has 1 nitrogen and oxygen atoms in total. The third-order valence-electron chi connectivity index (χ3n) is 3.05. The molecule has 2 aromatic carbocycles. The maximum atomic E-state index is 6.57. The number of ether oxygens (including phenoxy) is 1. The Morgan fingerprint density at radius 2 is 1.79 bits per heavy atom. The maximum absolute atomic E-state index is 6.57. The molecule has 0 bridgehead atoms. The fraction of sp³-hybridized carbons (Fsp3) is 0.200. The lowest BCUT2D eigenvalue weighted by atomic mass is 9.99. The van der Waals surface area contributed by atoms with Gasteiger partial charge in [0, 0.05) is 15.6 Å². The van der Waals surface area contributed by atoms with E-state index >= 15 is 0 Å². The fourth-order valence-electron chi connectivity index (χ4n) is 1.97. The van der Waals surface area contributed by atoms with Crippen molar-refractivity contribution in [3.63, 3.8) is 0 Å². The molecule has 0 fully saturated rings. The van der Waals surface area contributed by atoms with Gasteiger partial charge in [-0.15, -0.1) is 11.6 Å². The van der Waals surface area contributed by atoms with Crippen molar-refractivity contribution in [2.45, 2.75) is 12.3 Å². The van der Waals surface area contributed by atoms with Crippen LogP contribution in [0.4, 0.5) is 0 Å². The van der Waals surface area contributed by atoms with Crippen molar-refractivity contribution in [2.75, 3.05) is 7.11 Å². The summed E-state index contributed by atoms with van der Waals surface area (Å²) in [7, 11) is 1.61. The number of hydrogen-bond acceptors (Lipinski definition) is 1. The Hall–Kier alpha value is -0.890. The van der Waals surface area contributed by atoms with E-state index in [1.807, 2.05) is 37.3 Å². The van der Waals surface area contributed by atoms with E-state index in [0.717, 1.165) is 16.7 Å². The van der Waals surface area contributed by atoms with Crippen LogP contribution in [0, 0.1) is 6.92 Å².